The van der Waals surface area contributed by atoms with Gasteiger partial charge >= 0.3 is 0 Å². The number of rotatable bonds is 5. The van der Waals surface area contributed by atoms with Crippen LogP contribution in [0.3, 0.4) is 0 Å². The third-order valence-electron chi connectivity index (χ3n) is 2.91. The zero-order valence-electron chi connectivity index (χ0n) is 12.0. The van der Waals surface area contributed by atoms with Crippen LogP contribution in [0.25, 0.3) is 0 Å². The van der Waals surface area contributed by atoms with Crippen LogP contribution in [0.5, 0.6) is 0 Å². The van der Waals surface area contributed by atoms with Crippen molar-refractivity contribution in [3.8, 4) is 0 Å². The van der Waals surface area contributed by atoms with E-state index in [1.165, 1.54) is 0 Å². The number of hydrogen-bond acceptors (Lipinski definition) is 4. The van der Waals surface area contributed by atoms with E-state index in [1.807, 2.05) is 30.5 Å². The quantitative estimate of drug-likeness (QED) is 0.920. The predicted octanol–water partition coefficient (Wildman–Crippen LogP) is 3.08. The molecule has 106 valence electrons. The molecule has 2 aromatic rings. The molecule has 0 spiro atoms. The van der Waals surface area contributed by atoms with Gasteiger partial charge in [0.1, 0.15) is 0 Å². The minimum absolute atomic E-state index is 0.0243. The third kappa shape index (κ3) is 3.87. The lowest BCUT2D eigenvalue weighted by molar-refractivity contribution is -0.121. The lowest BCUT2D eigenvalue weighted by Crippen LogP contribution is -2.28. The third-order valence-corrected chi connectivity index (χ3v) is 4.11. The van der Waals surface area contributed by atoms with E-state index in [1.54, 1.807) is 17.5 Å². The monoisotopic (exact) mass is 289 g/mol. The van der Waals surface area contributed by atoms with Gasteiger partial charge in [-0.15, -0.1) is 11.3 Å². The molecule has 20 heavy (non-hydrogen) atoms. The largest absolute Gasteiger partial charge is 0.348 e. The van der Waals surface area contributed by atoms with Gasteiger partial charge in [0.05, 0.1) is 28.9 Å². The minimum Gasteiger partial charge on any atom is -0.348 e. The number of thiazole rings is 1. The van der Waals surface area contributed by atoms with Crippen LogP contribution in [0.15, 0.2) is 29.8 Å². The van der Waals surface area contributed by atoms with Gasteiger partial charge in [-0.25, -0.2) is 4.98 Å². The van der Waals surface area contributed by atoms with E-state index in [0.29, 0.717) is 12.3 Å². The van der Waals surface area contributed by atoms with Gasteiger partial charge in [-0.1, -0.05) is 19.9 Å². The summed E-state index contributed by atoms with van der Waals surface area (Å²) in [5, 5.41) is 5.98. The molecule has 0 aliphatic heterocycles. The average molecular weight is 289 g/mol. The Kier molecular flexibility index (Phi) is 4.84. The summed E-state index contributed by atoms with van der Waals surface area (Å²) in [4.78, 5) is 20.7. The Balaban J connectivity index is 1.92. The first-order chi connectivity index (χ1) is 9.56. The first-order valence-corrected chi connectivity index (χ1v) is 7.59. The van der Waals surface area contributed by atoms with Crippen LogP contribution >= 0.6 is 11.3 Å². The second kappa shape index (κ2) is 6.61. The van der Waals surface area contributed by atoms with Crippen molar-refractivity contribution in [2.75, 3.05) is 0 Å². The van der Waals surface area contributed by atoms with Crippen molar-refractivity contribution >= 4 is 17.2 Å². The molecule has 4 nitrogen and oxygen atoms in total. The smallest absolute Gasteiger partial charge is 0.226 e. The number of nitrogens with zero attached hydrogens (tertiary/aromatic N) is 2. The molecular formula is C15H19N3OS. The van der Waals surface area contributed by atoms with E-state index in [0.717, 1.165) is 16.4 Å². The second-order valence-electron chi connectivity index (χ2n) is 5.05. The molecule has 2 aromatic heterocycles. The second-order valence-corrected chi connectivity index (χ2v) is 5.94. The van der Waals surface area contributed by atoms with E-state index in [9.17, 15) is 4.79 Å². The van der Waals surface area contributed by atoms with Crippen molar-refractivity contribution in [2.24, 2.45) is 0 Å². The number of aromatic nitrogens is 2. The highest BCUT2D eigenvalue weighted by Gasteiger charge is 2.13. The van der Waals surface area contributed by atoms with Gasteiger partial charge in [-0.2, -0.15) is 0 Å². The van der Waals surface area contributed by atoms with Crippen LogP contribution in [0.2, 0.25) is 0 Å². The molecule has 2 heterocycles. The fourth-order valence-corrected chi connectivity index (χ4v) is 2.67. The summed E-state index contributed by atoms with van der Waals surface area (Å²) in [6.07, 6.45) is 2.05. The fraction of sp³-hybridized carbons (Fsp3) is 0.400. The van der Waals surface area contributed by atoms with Gasteiger partial charge in [-0.3, -0.25) is 9.78 Å². The highest BCUT2D eigenvalue weighted by atomic mass is 32.1. The van der Waals surface area contributed by atoms with Crippen LogP contribution in [-0.4, -0.2) is 15.9 Å². The van der Waals surface area contributed by atoms with E-state index in [-0.39, 0.29) is 11.9 Å². The molecule has 2 rings (SSSR count). The minimum atomic E-state index is -0.0908. The summed E-state index contributed by atoms with van der Waals surface area (Å²) in [5.74, 6) is 0.382. The Morgan fingerprint density at radius 3 is 2.75 bits per heavy atom. The Morgan fingerprint density at radius 2 is 2.15 bits per heavy atom. The van der Waals surface area contributed by atoms with Crippen molar-refractivity contribution in [2.45, 2.75) is 39.2 Å². The Bertz CT molecular complexity index is 566. The molecule has 0 saturated carbocycles. The maximum atomic E-state index is 12.0. The van der Waals surface area contributed by atoms with Crippen LogP contribution in [0.1, 0.15) is 49.1 Å². The van der Waals surface area contributed by atoms with Gasteiger partial charge in [0.15, 0.2) is 0 Å². The van der Waals surface area contributed by atoms with Crippen LogP contribution in [-0.2, 0) is 11.2 Å². The molecule has 0 radical (unpaired) electrons. The van der Waals surface area contributed by atoms with E-state index < -0.39 is 0 Å². The molecule has 0 bridgehead atoms. The number of nitrogens with one attached hydrogen (secondary N) is 1. The molecule has 1 amide bonds. The van der Waals surface area contributed by atoms with Crippen LogP contribution in [0.4, 0.5) is 0 Å². The fourth-order valence-electron chi connectivity index (χ4n) is 1.83. The molecule has 0 aromatic carbocycles. The van der Waals surface area contributed by atoms with E-state index in [4.69, 9.17) is 0 Å². The van der Waals surface area contributed by atoms with Gasteiger partial charge in [0.2, 0.25) is 5.91 Å². The Labute approximate surface area is 123 Å². The average Bonchev–Trinajstić information content (AvgIpc) is 2.88. The summed E-state index contributed by atoms with van der Waals surface area (Å²) in [5.41, 5.74) is 1.70. The molecule has 0 aliphatic carbocycles. The molecule has 0 saturated heterocycles. The number of carbonyl (C=O) groups is 1. The first-order valence-electron chi connectivity index (χ1n) is 6.71. The number of carbonyl (C=O) groups excluding carboxylic acids is 1. The summed E-state index contributed by atoms with van der Waals surface area (Å²) in [6.45, 7) is 6.14. The molecule has 1 N–H and O–H groups in total. The van der Waals surface area contributed by atoms with Crippen molar-refractivity contribution in [3.05, 3.63) is 46.2 Å². The highest BCUT2D eigenvalue weighted by Crippen LogP contribution is 2.19. The number of amides is 1. The van der Waals surface area contributed by atoms with E-state index in [2.05, 4.69) is 29.1 Å². The maximum absolute atomic E-state index is 12.0. The van der Waals surface area contributed by atoms with Crippen molar-refractivity contribution in [1.29, 1.82) is 0 Å². The van der Waals surface area contributed by atoms with Crippen LogP contribution < -0.4 is 5.32 Å². The highest BCUT2D eigenvalue weighted by molar-refractivity contribution is 7.09. The lowest BCUT2D eigenvalue weighted by Gasteiger charge is -2.12. The van der Waals surface area contributed by atoms with E-state index >= 15 is 0 Å². The number of pyridine rings is 1. The zero-order chi connectivity index (χ0) is 14.5. The topological polar surface area (TPSA) is 54.9 Å². The Morgan fingerprint density at radius 1 is 1.35 bits per heavy atom. The Hall–Kier alpha value is -1.75. The molecule has 0 aliphatic rings. The standard InChI is InChI=1S/C15H19N3OS/c1-10(2)15-18-12(9-20-15)8-14(19)17-11(3)13-6-4-5-7-16-13/h4-7,9-11H,8H2,1-3H3,(H,17,19). The molecule has 1 atom stereocenters. The normalized spacial score (nSPS) is 12.4. The van der Waals surface area contributed by atoms with Gasteiger partial charge in [-0.05, 0) is 19.1 Å². The predicted molar refractivity (Wildman–Crippen MR) is 80.7 cm³/mol. The maximum Gasteiger partial charge on any atom is 0.226 e. The molecule has 0 fully saturated rings. The van der Waals surface area contributed by atoms with Crippen molar-refractivity contribution in [1.82, 2.24) is 15.3 Å². The summed E-state index contributed by atoms with van der Waals surface area (Å²) in [7, 11) is 0. The van der Waals surface area contributed by atoms with Crippen molar-refractivity contribution < 1.29 is 4.79 Å². The summed E-state index contributed by atoms with van der Waals surface area (Å²) < 4.78 is 0. The summed E-state index contributed by atoms with van der Waals surface area (Å²) >= 11 is 1.61. The van der Waals surface area contributed by atoms with Gasteiger partial charge in [0.25, 0.3) is 0 Å². The number of hydrogen-bond donors (Lipinski definition) is 1. The van der Waals surface area contributed by atoms with Gasteiger partial charge in [0, 0.05) is 17.5 Å². The van der Waals surface area contributed by atoms with Crippen molar-refractivity contribution in [3.63, 3.8) is 0 Å². The van der Waals surface area contributed by atoms with Gasteiger partial charge < -0.3 is 5.32 Å². The molecule has 1 unspecified atom stereocenters. The molecular weight excluding hydrogens is 270 g/mol. The summed E-state index contributed by atoms with van der Waals surface area (Å²) in [6, 6.07) is 5.60. The lowest BCUT2D eigenvalue weighted by atomic mass is 10.2. The zero-order valence-corrected chi connectivity index (χ0v) is 12.8. The molecule has 5 heteroatoms. The first kappa shape index (κ1) is 14.7. The van der Waals surface area contributed by atoms with Crippen LogP contribution in [0, 0.1) is 0 Å². The SMILES string of the molecule is CC(C)c1nc(CC(=O)NC(C)c2ccccn2)cs1.